The zero-order valence-electron chi connectivity index (χ0n) is 22.6. The van der Waals surface area contributed by atoms with E-state index in [2.05, 4.69) is 31.6 Å². The summed E-state index contributed by atoms with van der Waals surface area (Å²) in [6.07, 6.45) is 4.16. The molecule has 0 radical (unpaired) electrons. The molecule has 0 spiro atoms. The van der Waals surface area contributed by atoms with E-state index in [1.165, 1.54) is 7.11 Å². The second-order valence-electron chi connectivity index (χ2n) is 9.47. The minimum atomic E-state index is -0.187. The first-order valence-corrected chi connectivity index (χ1v) is 13.0. The van der Waals surface area contributed by atoms with Crippen LogP contribution in [0.15, 0.2) is 48.7 Å². The summed E-state index contributed by atoms with van der Waals surface area (Å²) in [5, 5.41) is 15.8. The molecule has 1 aliphatic heterocycles. The Morgan fingerprint density at radius 3 is 2.72 bits per heavy atom. The summed E-state index contributed by atoms with van der Waals surface area (Å²) < 4.78 is 16.9. The molecule has 4 rings (SSSR count). The lowest BCUT2D eigenvalue weighted by molar-refractivity contribution is 0.0254. The summed E-state index contributed by atoms with van der Waals surface area (Å²) >= 11 is 0. The van der Waals surface area contributed by atoms with Gasteiger partial charge in [0, 0.05) is 42.9 Å². The van der Waals surface area contributed by atoms with Gasteiger partial charge in [-0.1, -0.05) is 0 Å². The van der Waals surface area contributed by atoms with Crippen LogP contribution in [0.2, 0.25) is 0 Å². The van der Waals surface area contributed by atoms with Crippen LogP contribution < -0.4 is 20.1 Å². The van der Waals surface area contributed by atoms with Crippen molar-refractivity contribution in [3.05, 3.63) is 59.8 Å². The Hall–Kier alpha value is -4.20. The van der Waals surface area contributed by atoms with E-state index >= 15 is 0 Å². The number of nitriles is 1. The van der Waals surface area contributed by atoms with Gasteiger partial charge in [-0.25, -0.2) is 9.97 Å². The van der Waals surface area contributed by atoms with Crippen molar-refractivity contribution in [1.82, 2.24) is 20.2 Å². The van der Waals surface area contributed by atoms with Crippen LogP contribution in [0.5, 0.6) is 11.5 Å². The number of nitrogens with one attached hydrogen (secondary N) is 2. The largest absolute Gasteiger partial charge is 0.496 e. The molecule has 1 fully saturated rings. The van der Waals surface area contributed by atoms with Crippen molar-refractivity contribution in [2.24, 2.45) is 0 Å². The topological polar surface area (TPSA) is 122 Å². The van der Waals surface area contributed by atoms with Crippen molar-refractivity contribution >= 4 is 17.5 Å². The SMILES string of the molecule is COc1cc(Nc2nccc(-c3ccc(OC4CCOCC4)c(C#N)c3)n2)ccc1C(=O)NCCCN(C)C. The highest BCUT2D eigenvalue weighted by atomic mass is 16.5. The number of rotatable bonds is 11. The molecule has 0 bridgehead atoms. The Bertz CT molecular complexity index is 1320. The number of ether oxygens (including phenoxy) is 3. The van der Waals surface area contributed by atoms with Crippen molar-refractivity contribution < 1.29 is 19.0 Å². The van der Waals surface area contributed by atoms with Crippen molar-refractivity contribution in [2.75, 3.05) is 52.8 Å². The Morgan fingerprint density at radius 2 is 1.97 bits per heavy atom. The zero-order valence-corrected chi connectivity index (χ0v) is 22.6. The van der Waals surface area contributed by atoms with Gasteiger partial charge in [0.05, 0.1) is 37.1 Å². The van der Waals surface area contributed by atoms with Gasteiger partial charge < -0.3 is 29.7 Å². The van der Waals surface area contributed by atoms with E-state index in [0.29, 0.717) is 59.7 Å². The van der Waals surface area contributed by atoms with Gasteiger partial charge in [-0.05, 0) is 63.5 Å². The molecular weight excluding hydrogens is 496 g/mol. The molecule has 0 atom stereocenters. The number of methoxy groups -OCH3 is 1. The molecule has 1 aromatic heterocycles. The number of carbonyl (C=O) groups excluding carboxylic acids is 1. The molecule has 1 amide bonds. The smallest absolute Gasteiger partial charge is 0.255 e. The maximum absolute atomic E-state index is 12.6. The van der Waals surface area contributed by atoms with E-state index in [1.54, 1.807) is 36.5 Å². The lowest BCUT2D eigenvalue weighted by Gasteiger charge is -2.23. The summed E-state index contributed by atoms with van der Waals surface area (Å²) in [7, 11) is 5.53. The van der Waals surface area contributed by atoms with Crippen LogP contribution in [0.4, 0.5) is 11.6 Å². The van der Waals surface area contributed by atoms with Gasteiger partial charge in [0.1, 0.15) is 23.7 Å². The zero-order chi connectivity index (χ0) is 27.6. The van der Waals surface area contributed by atoms with E-state index in [1.807, 2.05) is 26.2 Å². The summed E-state index contributed by atoms with van der Waals surface area (Å²) in [5.41, 5.74) is 3.01. The van der Waals surface area contributed by atoms with E-state index in [4.69, 9.17) is 14.2 Å². The Kier molecular flexibility index (Phi) is 9.67. The number of amides is 1. The monoisotopic (exact) mass is 530 g/mol. The number of hydrogen-bond acceptors (Lipinski definition) is 9. The molecule has 1 aliphatic rings. The number of anilines is 2. The van der Waals surface area contributed by atoms with E-state index < -0.39 is 0 Å². The molecule has 10 nitrogen and oxygen atoms in total. The summed E-state index contributed by atoms with van der Waals surface area (Å²) in [6.45, 7) is 2.81. The van der Waals surface area contributed by atoms with Gasteiger partial charge in [0.2, 0.25) is 5.95 Å². The van der Waals surface area contributed by atoms with Crippen molar-refractivity contribution in [1.29, 1.82) is 5.26 Å². The molecule has 2 N–H and O–H groups in total. The quantitative estimate of drug-likeness (QED) is 0.354. The molecule has 10 heteroatoms. The molecular formula is C29H34N6O4. The van der Waals surface area contributed by atoms with E-state index in [9.17, 15) is 10.1 Å². The highest BCUT2D eigenvalue weighted by molar-refractivity contribution is 5.97. The Balaban J connectivity index is 1.45. The third-order valence-corrected chi connectivity index (χ3v) is 6.28. The average Bonchev–Trinajstić information content (AvgIpc) is 2.96. The molecule has 0 aliphatic carbocycles. The predicted molar refractivity (Wildman–Crippen MR) is 148 cm³/mol. The van der Waals surface area contributed by atoms with Crippen LogP contribution in [0.25, 0.3) is 11.3 Å². The molecule has 2 heterocycles. The second-order valence-corrected chi connectivity index (χ2v) is 9.47. The molecule has 3 aromatic rings. The Morgan fingerprint density at radius 1 is 1.15 bits per heavy atom. The summed E-state index contributed by atoms with van der Waals surface area (Å²) in [5.74, 6) is 1.19. The Labute approximate surface area is 228 Å². The maximum atomic E-state index is 12.6. The molecule has 0 unspecified atom stereocenters. The predicted octanol–water partition coefficient (Wildman–Crippen LogP) is 4.01. The number of hydrogen-bond donors (Lipinski definition) is 2. The number of carbonyl (C=O) groups is 1. The molecule has 39 heavy (non-hydrogen) atoms. The minimum Gasteiger partial charge on any atom is -0.496 e. The maximum Gasteiger partial charge on any atom is 0.255 e. The highest BCUT2D eigenvalue weighted by Gasteiger charge is 2.18. The van der Waals surface area contributed by atoms with Crippen LogP contribution in [0.1, 0.15) is 35.2 Å². The van der Waals surface area contributed by atoms with Crippen LogP contribution in [-0.2, 0) is 4.74 Å². The fraction of sp³-hybridized carbons (Fsp3) is 0.379. The van der Waals surface area contributed by atoms with Crippen molar-refractivity contribution in [3.8, 4) is 28.8 Å². The highest BCUT2D eigenvalue weighted by Crippen LogP contribution is 2.29. The van der Waals surface area contributed by atoms with Gasteiger partial charge in [-0.3, -0.25) is 4.79 Å². The van der Waals surface area contributed by atoms with Crippen molar-refractivity contribution in [3.63, 3.8) is 0 Å². The first-order chi connectivity index (χ1) is 19.0. The third-order valence-electron chi connectivity index (χ3n) is 6.28. The van der Waals surface area contributed by atoms with Crippen LogP contribution in [0, 0.1) is 11.3 Å². The summed E-state index contributed by atoms with van der Waals surface area (Å²) in [6, 6.07) is 14.7. The number of benzene rings is 2. The van der Waals surface area contributed by atoms with Gasteiger partial charge in [0.25, 0.3) is 5.91 Å². The fourth-order valence-corrected chi connectivity index (χ4v) is 4.21. The molecule has 2 aromatic carbocycles. The molecule has 1 saturated heterocycles. The van der Waals surface area contributed by atoms with Crippen molar-refractivity contribution in [2.45, 2.75) is 25.4 Å². The van der Waals surface area contributed by atoms with Gasteiger partial charge in [-0.2, -0.15) is 5.26 Å². The van der Waals surface area contributed by atoms with Crippen LogP contribution in [-0.4, -0.2) is 74.4 Å². The third kappa shape index (κ3) is 7.66. The standard InChI is InChI=1S/C29H34N6O4/c1-35(2)14-4-12-31-28(36)24-7-6-22(18-27(24)37-3)33-29-32-13-9-25(34-29)20-5-8-26(21(17-20)19-30)39-23-10-15-38-16-11-23/h5-9,13,17-18,23H,4,10-12,14-16H2,1-3H3,(H,31,36)(H,32,33,34). The molecule has 0 saturated carbocycles. The van der Waals surface area contributed by atoms with E-state index in [0.717, 1.165) is 31.4 Å². The van der Waals surface area contributed by atoms with Gasteiger partial charge >= 0.3 is 0 Å². The first-order valence-electron chi connectivity index (χ1n) is 13.0. The van der Waals surface area contributed by atoms with E-state index in [-0.39, 0.29) is 12.0 Å². The van der Waals surface area contributed by atoms with Gasteiger partial charge in [-0.15, -0.1) is 0 Å². The van der Waals surface area contributed by atoms with Crippen LogP contribution in [0.3, 0.4) is 0 Å². The lowest BCUT2D eigenvalue weighted by atomic mass is 10.1. The number of nitrogens with zero attached hydrogens (tertiary/aromatic N) is 4. The normalized spacial score (nSPS) is 13.5. The van der Waals surface area contributed by atoms with Crippen LogP contribution >= 0.6 is 0 Å². The minimum absolute atomic E-state index is 0.0454. The first kappa shape index (κ1) is 27.8. The molecule has 204 valence electrons. The summed E-state index contributed by atoms with van der Waals surface area (Å²) in [4.78, 5) is 23.7. The van der Waals surface area contributed by atoms with Gasteiger partial charge in [0.15, 0.2) is 0 Å². The number of aromatic nitrogens is 2. The average molecular weight is 531 g/mol. The lowest BCUT2D eigenvalue weighted by Crippen LogP contribution is -2.27. The second kappa shape index (κ2) is 13.6. The fourth-order valence-electron chi connectivity index (χ4n) is 4.21.